The lowest BCUT2D eigenvalue weighted by Gasteiger charge is -2.33. The Labute approximate surface area is 132 Å². The molecule has 0 bridgehead atoms. The normalized spacial score (nSPS) is 16.3. The van der Waals surface area contributed by atoms with Gasteiger partial charge in [-0.05, 0) is 36.4 Å². The van der Waals surface area contributed by atoms with Crippen molar-refractivity contribution in [2.75, 3.05) is 18.6 Å². The van der Waals surface area contributed by atoms with E-state index in [2.05, 4.69) is 0 Å². The Hall–Kier alpha value is -2.89. The SMILES string of the molecule is COC(=O)[C@@H]1CN(C(=O)c2ccc(F)cc2)c2ccccc2O1. The molecule has 2 aromatic rings. The van der Waals surface area contributed by atoms with E-state index in [4.69, 9.17) is 9.47 Å². The zero-order valence-corrected chi connectivity index (χ0v) is 12.4. The number of benzene rings is 2. The Kier molecular flexibility index (Phi) is 3.97. The number of esters is 1. The van der Waals surface area contributed by atoms with Crippen LogP contribution in [0.25, 0.3) is 0 Å². The minimum absolute atomic E-state index is 0.0277. The Bertz CT molecular complexity index is 745. The minimum atomic E-state index is -0.903. The van der Waals surface area contributed by atoms with E-state index in [1.54, 1.807) is 24.3 Å². The Morgan fingerprint density at radius 1 is 1.17 bits per heavy atom. The fourth-order valence-corrected chi connectivity index (χ4v) is 2.43. The summed E-state index contributed by atoms with van der Waals surface area (Å²) < 4.78 is 23.3. The van der Waals surface area contributed by atoms with E-state index in [9.17, 15) is 14.0 Å². The number of amides is 1. The van der Waals surface area contributed by atoms with Gasteiger partial charge in [-0.2, -0.15) is 0 Å². The highest BCUT2D eigenvalue weighted by Crippen LogP contribution is 2.34. The first-order chi connectivity index (χ1) is 11.1. The average molecular weight is 315 g/mol. The molecule has 0 aromatic heterocycles. The molecule has 3 rings (SSSR count). The number of hydrogen-bond acceptors (Lipinski definition) is 4. The van der Waals surface area contributed by atoms with Crippen molar-refractivity contribution in [2.24, 2.45) is 0 Å². The number of anilines is 1. The molecule has 0 spiro atoms. The molecule has 0 unspecified atom stereocenters. The molecule has 5 nitrogen and oxygen atoms in total. The fourth-order valence-electron chi connectivity index (χ4n) is 2.43. The van der Waals surface area contributed by atoms with Crippen LogP contribution < -0.4 is 9.64 Å². The Balaban J connectivity index is 1.97. The number of nitrogens with zero attached hydrogens (tertiary/aromatic N) is 1. The second kappa shape index (κ2) is 6.08. The molecule has 1 heterocycles. The van der Waals surface area contributed by atoms with Crippen LogP contribution in [0.1, 0.15) is 10.4 Å². The maximum absolute atomic E-state index is 13.0. The summed E-state index contributed by atoms with van der Waals surface area (Å²) in [5.74, 6) is -0.896. The van der Waals surface area contributed by atoms with Crippen LogP contribution in [-0.2, 0) is 9.53 Å². The van der Waals surface area contributed by atoms with Gasteiger partial charge in [0.1, 0.15) is 11.6 Å². The van der Waals surface area contributed by atoms with Crippen molar-refractivity contribution in [1.82, 2.24) is 0 Å². The van der Waals surface area contributed by atoms with Gasteiger partial charge >= 0.3 is 5.97 Å². The van der Waals surface area contributed by atoms with Gasteiger partial charge in [0.2, 0.25) is 6.10 Å². The highest BCUT2D eigenvalue weighted by Gasteiger charge is 2.34. The summed E-state index contributed by atoms with van der Waals surface area (Å²) in [6, 6.07) is 12.2. The average Bonchev–Trinajstić information content (AvgIpc) is 2.60. The van der Waals surface area contributed by atoms with Crippen LogP contribution >= 0.6 is 0 Å². The van der Waals surface area contributed by atoms with Crippen molar-refractivity contribution >= 4 is 17.6 Å². The first kappa shape index (κ1) is 15.0. The van der Waals surface area contributed by atoms with Crippen molar-refractivity contribution in [1.29, 1.82) is 0 Å². The smallest absolute Gasteiger partial charge is 0.348 e. The third-order valence-electron chi connectivity index (χ3n) is 3.57. The van der Waals surface area contributed by atoms with Gasteiger partial charge in [0, 0.05) is 5.56 Å². The van der Waals surface area contributed by atoms with E-state index in [0.29, 0.717) is 17.0 Å². The van der Waals surface area contributed by atoms with Gasteiger partial charge in [-0.1, -0.05) is 12.1 Å². The van der Waals surface area contributed by atoms with Gasteiger partial charge in [-0.25, -0.2) is 9.18 Å². The molecular weight excluding hydrogens is 301 g/mol. The zero-order valence-electron chi connectivity index (χ0n) is 12.4. The molecule has 0 saturated heterocycles. The molecule has 1 aliphatic rings. The van der Waals surface area contributed by atoms with Crippen LogP contribution in [0.4, 0.5) is 10.1 Å². The molecule has 6 heteroatoms. The molecule has 1 aliphatic heterocycles. The van der Waals surface area contributed by atoms with Crippen molar-refractivity contribution in [3.63, 3.8) is 0 Å². The predicted octanol–water partition coefficient (Wildman–Crippen LogP) is 2.41. The van der Waals surface area contributed by atoms with Gasteiger partial charge in [0.25, 0.3) is 5.91 Å². The molecule has 1 amide bonds. The van der Waals surface area contributed by atoms with Crippen molar-refractivity contribution in [3.05, 3.63) is 59.9 Å². The third kappa shape index (κ3) is 2.88. The van der Waals surface area contributed by atoms with E-state index in [0.717, 1.165) is 0 Å². The predicted molar refractivity (Wildman–Crippen MR) is 81.0 cm³/mol. The molecule has 0 fully saturated rings. The summed E-state index contributed by atoms with van der Waals surface area (Å²) >= 11 is 0. The van der Waals surface area contributed by atoms with Crippen molar-refractivity contribution in [2.45, 2.75) is 6.10 Å². The number of halogens is 1. The van der Waals surface area contributed by atoms with Crippen molar-refractivity contribution in [3.8, 4) is 5.75 Å². The van der Waals surface area contributed by atoms with Gasteiger partial charge in [0.15, 0.2) is 0 Å². The number of fused-ring (bicyclic) bond motifs is 1. The summed E-state index contributed by atoms with van der Waals surface area (Å²) in [4.78, 5) is 26.0. The van der Waals surface area contributed by atoms with E-state index >= 15 is 0 Å². The highest BCUT2D eigenvalue weighted by atomic mass is 19.1. The van der Waals surface area contributed by atoms with E-state index < -0.39 is 17.9 Å². The largest absolute Gasteiger partial charge is 0.475 e. The lowest BCUT2D eigenvalue weighted by molar-refractivity contribution is -0.148. The zero-order chi connectivity index (χ0) is 16.4. The first-order valence-electron chi connectivity index (χ1n) is 7.01. The molecular formula is C17H14FNO4. The number of carbonyl (C=O) groups is 2. The minimum Gasteiger partial charge on any atom is -0.475 e. The molecule has 0 aliphatic carbocycles. The third-order valence-corrected chi connectivity index (χ3v) is 3.57. The van der Waals surface area contributed by atoms with Gasteiger partial charge in [-0.15, -0.1) is 0 Å². The van der Waals surface area contributed by atoms with Gasteiger partial charge in [0.05, 0.1) is 19.3 Å². The summed E-state index contributed by atoms with van der Waals surface area (Å²) in [5.41, 5.74) is 0.883. The van der Waals surface area contributed by atoms with E-state index in [1.807, 2.05) is 0 Å². The summed E-state index contributed by atoms with van der Waals surface area (Å²) in [7, 11) is 1.26. The van der Waals surface area contributed by atoms with Crippen LogP contribution in [0.5, 0.6) is 5.75 Å². The quantitative estimate of drug-likeness (QED) is 0.799. The van der Waals surface area contributed by atoms with Crippen LogP contribution in [0, 0.1) is 5.82 Å². The summed E-state index contributed by atoms with van der Waals surface area (Å²) in [5, 5.41) is 0. The van der Waals surface area contributed by atoms with Crippen LogP contribution in [0.15, 0.2) is 48.5 Å². The number of rotatable bonds is 2. The van der Waals surface area contributed by atoms with Crippen LogP contribution in [0.3, 0.4) is 0 Å². The molecule has 23 heavy (non-hydrogen) atoms. The number of hydrogen-bond donors (Lipinski definition) is 0. The molecule has 118 valence electrons. The molecule has 0 radical (unpaired) electrons. The summed E-state index contributed by atoms with van der Waals surface area (Å²) in [6.07, 6.45) is -0.903. The first-order valence-corrected chi connectivity index (χ1v) is 7.01. The number of ether oxygens (including phenoxy) is 2. The monoisotopic (exact) mass is 315 g/mol. The lowest BCUT2D eigenvalue weighted by Crippen LogP contribution is -2.47. The Morgan fingerprint density at radius 3 is 2.57 bits per heavy atom. The van der Waals surface area contributed by atoms with Crippen LogP contribution in [0.2, 0.25) is 0 Å². The maximum Gasteiger partial charge on any atom is 0.348 e. The second-order valence-corrected chi connectivity index (χ2v) is 5.02. The van der Waals surface area contributed by atoms with E-state index in [-0.39, 0.29) is 12.5 Å². The molecule has 0 N–H and O–H groups in total. The fraction of sp³-hybridized carbons (Fsp3) is 0.176. The lowest BCUT2D eigenvalue weighted by atomic mass is 10.1. The molecule has 1 atom stereocenters. The maximum atomic E-state index is 13.0. The second-order valence-electron chi connectivity index (χ2n) is 5.02. The van der Waals surface area contributed by atoms with Gasteiger partial charge < -0.3 is 14.4 Å². The van der Waals surface area contributed by atoms with Crippen molar-refractivity contribution < 1.29 is 23.5 Å². The topological polar surface area (TPSA) is 55.8 Å². The van der Waals surface area contributed by atoms with E-state index in [1.165, 1.54) is 36.3 Å². The number of methoxy groups -OCH3 is 1. The molecule has 0 saturated carbocycles. The highest BCUT2D eigenvalue weighted by molar-refractivity contribution is 6.07. The Morgan fingerprint density at radius 2 is 1.87 bits per heavy atom. The number of para-hydroxylation sites is 2. The molecule has 2 aromatic carbocycles. The number of carbonyl (C=O) groups excluding carboxylic acids is 2. The summed E-state index contributed by atoms with van der Waals surface area (Å²) in [6.45, 7) is 0.0277. The standard InChI is InChI=1S/C17H14FNO4/c1-22-17(21)15-10-19(13-4-2-3-5-14(13)23-15)16(20)11-6-8-12(18)9-7-11/h2-9,15H,10H2,1H3/t15-/m0/s1. The van der Waals surface area contributed by atoms with Crippen LogP contribution in [-0.4, -0.2) is 31.6 Å². The van der Waals surface area contributed by atoms with Gasteiger partial charge in [-0.3, -0.25) is 4.79 Å².